The smallest absolute Gasteiger partial charge is 0.307 e. The van der Waals surface area contributed by atoms with Gasteiger partial charge in [0.05, 0.1) is 13.0 Å². The normalized spacial score (nSPS) is 9.95. The van der Waals surface area contributed by atoms with Gasteiger partial charge in [-0.1, -0.05) is 12.1 Å². The molecule has 0 bridgehead atoms. The first-order chi connectivity index (χ1) is 9.11. The van der Waals surface area contributed by atoms with Gasteiger partial charge in [0, 0.05) is 18.7 Å². The Morgan fingerprint density at radius 2 is 2.11 bits per heavy atom. The number of rotatable bonds is 7. The molecule has 19 heavy (non-hydrogen) atoms. The summed E-state index contributed by atoms with van der Waals surface area (Å²) in [5.41, 5.74) is 7.38. The average Bonchev–Trinajstić information content (AvgIpc) is 2.37. The van der Waals surface area contributed by atoms with Gasteiger partial charge in [-0.2, -0.15) is 0 Å². The first-order valence-electron chi connectivity index (χ1n) is 6.38. The average molecular weight is 264 g/mol. The van der Waals surface area contributed by atoms with Crippen molar-refractivity contribution < 1.29 is 14.3 Å². The zero-order chi connectivity index (χ0) is 14.1. The summed E-state index contributed by atoms with van der Waals surface area (Å²) in [6.07, 6.45) is 1.22. The van der Waals surface area contributed by atoms with E-state index in [0.717, 1.165) is 5.56 Å². The Morgan fingerprint density at radius 3 is 2.79 bits per heavy atom. The lowest BCUT2D eigenvalue weighted by Crippen LogP contribution is -2.26. The van der Waals surface area contributed by atoms with Gasteiger partial charge in [-0.25, -0.2) is 0 Å². The predicted octanol–water partition coefficient (Wildman–Crippen LogP) is 1.27. The topological polar surface area (TPSA) is 81.4 Å². The van der Waals surface area contributed by atoms with Gasteiger partial charge in [-0.3, -0.25) is 9.59 Å². The highest BCUT2D eigenvalue weighted by Gasteiger charge is 2.05. The van der Waals surface area contributed by atoms with Crippen LogP contribution in [-0.2, 0) is 20.7 Å². The molecule has 1 rings (SSSR count). The molecule has 1 aromatic rings. The molecule has 3 N–H and O–H groups in total. The highest BCUT2D eigenvalue weighted by atomic mass is 16.5. The van der Waals surface area contributed by atoms with Gasteiger partial charge >= 0.3 is 5.97 Å². The summed E-state index contributed by atoms with van der Waals surface area (Å²) >= 11 is 0. The largest absolute Gasteiger partial charge is 0.466 e. The maximum atomic E-state index is 11.5. The first-order valence-corrected chi connectivity index (χ1v) is 6.38. The molecule has 0 atom stereocenters. The maximum absolute atomic E-state index is 11.5. The van der Waals surface area contributed by atoms with E-state index in [1.807, 2.05) is 24.3 Å². The maximum Gasteiger partial charge on any atom is 0.307 e. The number of anilines is 1. The molecule has 0 aromatic heterocycles. The number of esters is 1. The van der Waals surface area contributed by atoms with E-state index in [1.54, 1.807) is 6.92 Å². The molecule has 104 valence electrons. The summed E-state index contributed by atoms with van der Waals surface area (Å²) in [5.74, 6) is -0.370. The van der Waals surface area contributed by atoms with Crippen LogP contribution in [0.4, 0.5) is 5.69 Å². The molecule has 0 unspecified atom stereocenters. The number of nitrogens with two attached hydrogens (primary N) is 1. The minimum absolute atomic E-state index is 0.0771. The van der Waals surface area contributed by atoms with Crippen molar-refractivity contribution in [3.63, 3.8) is 0 Å². The molecular weight excluding hydrogens is 244 g/mol. The molecule has 5 heteroatoms. The Balaban J connectivity index is 2.19. The van der Waals surface area contributed by atoms with Crippen LogP contribution in [0.2, 0.25) is 0 Å². The number of amides is 1. The molecule has 0 saturated carbocycles. The van der Waals surface area contributed by atoms with Gasteiger partial charge in [0.25, 0.3) is 0 Å². The van der Waals surface area contributed by atoms with Crippen molar-refractivity contribution in [1.29, 1.82) is 0 Å². The molecule has 1 amide bonds. The van der Waals surface area contributed by atoms with Crippen LogP contribution >= 0.6 is 0 Å². The lowest BCUT2D eigenvalue weighted by atomic mass is 10.1. The van der Waals surface area contributed by atoms with E-state index in [9.17, 15) is 9.59 Å². The van der Waals surface area contributed by atoms with Crippen molar-refractivity contribution in [1.82, 2.24) is 5.32 Å². The third-order valence-electron chi connectivity index (χ3n) is 2.55. The fourth-order valence-electron chi connectivity index (χ4n) is 1.63. The van der Waals surface area contributed by atoms with Crippen molar-refractivity contribution in [3.05, 3.63) is 29.8 Å². The van der Waals surface area contributed by atoms with Crippen LogP contribution in [0.1, 0.15) is 25.3 Å². The predicted molar refractivity (Wildman–Crippen MR) is 73.4 cm³/mol. The number of carbonyl (C=O) groups excluding carboxylic acids is 2. The summed E-state index contributed by atoms with van der Waals surface area (Å²) in [6, 6.07) is 7.46. The third-order valence-corrected chi connectivity index (χ3v) is 2.55. The van der Waals surface area contributed by atoms with Gasteiger partial charge in [0.1, 0.15) is 0 Å². The third kappa shape index (κ3) is 6.45. The van der Waals surface area contributed by atoms with Crippen molar-refractivity contribution >= 4 is 17.6 Å². The Labute approximate surface area is 113 Å². The van der Waals surface area contributed by atoms with Gasteiger partial charge in [-0.05, 0) is 31.0 Å². The van der Waals surface area contributed by atoms with Gasteiger partial charge in [0.15, 0.2) is 0 Å². The minimum Gasteiger partial charge on any atom is -0.466 e. The summed E-state index contributed by atoms with van der Waals surface area (Å²) in [6.45, 7) is 2.43. The van der Waals surface area contributed by atoms with Crippen LogP contribution in [0.15, 0.2) is 24.3 Å². The Morgan fingerprint density at radius 1 is 1.32 bits per heavy atom. The van der Waals surface area contributed by atoms with Gasteiger partial charge in [-0.15, -0.1) is 0 Å². The van der Waals surface area contributed by atoms with E-state index in [0.29, 0.717) is 31.7 Å². The summed E-state index contributed by atoms with van der Waals surface area (Å²) < 4.78 is 4.76. The number of nitrogen functional groups attached to an aromatic ring is 1. The van der Waals surface area contributed by atoms with E-state index in [2.05, 4.69) is 5.32 Å². The Bertz CT molecular complexity index is 432. The van der Waals surface area contributed by atoms with Crippen molar-refractivity contribution in [2.75, 3.05) is 18.9 Å². The van der Waals surface area contributed by atoms with E-state index < -0.39 is 0 Å². The molecule has 0 aliphatic carbocycles. The van der Waals surface area contributed by atoms with Gasteiger partial charge in [0.2, 0.25) is 5.91 Å². The second-order valence-electron chi connectivity index (χ2n) is 4.15. The highest BCUT2D eigenvalue weighted by Crippen LogP contribution is 2.08. The van der Waals surface area contributed by atoms with Crippen LogP contribution in [0.5, 0.6) is 0 Å². The van der Waals surface area contributed by atoms with Gasteiger partial charge < -0.3 is 15.8 Å². The molecule has 0 fully saturated rings. The van der Waals surface area contributed by atoms with E-state index in [-0.39, 0.29) is 18.3 Å². The second-order valence-corrected chi connectivity index (χ2v) is 4.15. The van der Waals surface area contributed by atoms with E-state index in [4.69, 9.17) is 10.5 Å². The number of benzene rings is 1. The van der Waals surface area contributed by atoms with Crippen LogP contribution in [0.25, 0.3) is 0 Å². The number of nitrogens with one attached hydrogen (secondary N) is 1. The molecule has 0 aliphatic heterocycles. The molecule has 0 saturated heterocycles. The molecule has 0 heterocycles. The highest BCUT2D eigenvalue weighted by molar-refractivity contribution is 5.77. The van der Waals surface area contributed by atoms with Crippen LogP contribution in [0.3, 0.4) is 0 Å². The molecule has 1 aromatic carbocycles. The number of aryl methyl sites for hydroxylation is 1. The summed E-state index contributed by atoms with van der Waals surface area (Å²) in [7, 11) is 0. The quantitative estimate of drug-likeness (QED) is 0.574. The van der Waals surface area contributed by atoms with Crippen LogP contribution < -0.4 is 11.1 Å². The Hall–Kier alpha value is -2.04. The van der Waals surface area contributed by atoms with E-state index >= 15 is 0 Å². The number of ether oxygens (including phenoxy) is 1. The molecule has 5 nitrogen and oxygen atoms in total. The van der Waals surface area contributed by atoms with E-state index in [1.165, 1.54) is 0 Å². The molecular formula is C14H20N2O3. The molecule has 0 aliphatic rings. The first kappa shape index (κ1) is 15.0. The number of hydrogen-bond acceptors (Lipinski definition) is 4. The zero-order valence-electron chi connectivity index (χ0n) is 11.1. The second kappa shape index (κ2) is 8.13. The fraction of sp³-hybridized carbons (Fsp3) is 0.429. The molecule has 0 radical (unpaired) electrons. The Kier molecular flexibility index (Phi) is 6.43. The number of carbonyl (C=O) groups is 2. The summed E-state index contributed by atoms with van der Waals surface area (Å²) in [4.78, 5) is 22.6. The number of hydrogen-bond donors (Lipinski definition) is 2. The fourth-order valence-corrected chi connectivity index (χ4v) is 1.63. The van der Waals surface area contributed by atoms with Crippen LogP contribution in [-0.4, -0.2) is 25.0 Å². The monoisotopic (exact) mass is 264 g/mol. The zero-order valence-corrected chi connectivity index (χ0v) is 11.1. The lowest BCUT2D eigenvalue weighted by Gasteiger charge is -2.05. The van der Waals surface area contributed by atoms with Crippen molar-refractivity contribution in [3.8, 4) is 0 Å². The summed E-state index contributed by atoms with van der Waals surface area (Å²) in [5, 5.41) is 2.69. The lowest BCUT2D eigenvalue weighted by molar-refractivity contribution is -0.143. The van der Waals surface area contributed by atoms with Crippen molar-refractivity contribution in [2.24, 2.45) is 0 Å². The SMILES string of the molecule is CCOC(=O)CCNC(=O)CCc1cccc(N)c1. The standard InChI is InChI=1S/C14H20N2O3/c1-2-19-14(18)8-9-16-13(17)7-6-11-4-3-5-12(15)10-11/h3-5,10H,2,6-9,15H2,1H3,(H,16,17). The minimum atomic E-state index is -0.293. The molecule has 0 spiro atoms. The van der Waals surface area contributed by atoms with Crippen LogP contribution in [0, 0.1) is 0 Å². The van der Waals surface area contributed by atoms with Crippen molar-refractivity contribution in [2.45, 2.75) is 26.2 Å².